The minimum atomic E-state index is -3.84. The van der Waals surface area contributed by atoms with E-state index in [2.05, 4.69) is 30.3 Å². The number of nitrogens with zero attached hydrogens (tertiary/aromatic N) is 7. The topological polar surface area (TPSA) is 148 Å². The molecule has 202 valence electrons. The summed E-state index contributed by atoms with van der Waals surface area (Å²) in [4.78, 5) is 13.1. The van der Waals surface area contributed by atoms with E-state index in [1.54, 1.807) is 48.1 Å². The molecule has 0 amide bonds. The van der Waals surface area contributed by atoms with Gasteiger partial charge < -0.3 is 14.0 Å². The van der Waals surface area contributed by atoms with Crippen LogP contribution in [-0.2, 0) is 20.3 Å². The summed E-state index contributed by atoms with van der Waals surface area (Å²) in [5.41, 5.74) is 1.33. The maximum atomic E-state index is 13.8. The number of ether oxygens (including phenoxy) is 2. The molecule has 0 aliphatic rings. The fourth-order valence-electron chi connectivity index (χ4n) is 3.95. The van der Waals surface area contributed by atoms with Gasteiger partial charge in [0.25, 0.3) is 0 Å². The molecule has 0 aromatic carbocycles. The monoisotopic (exact) mass is 541 g/mol. The van der Waals surface area contributed by atoms with E-state index in [-0.39, 0.29) is 11.9 Å². The first-order valence-electron chi connectivity index (χ1n) is 12.1. The molecule has 0 saturated heterocycles. The normalized spacial score (nSPS) is 14.4. The maximum absolute atomic E-state index is 13.8. The first kappa shape index (κ1) is 27.3. The molecular formula is C25H31N7O5S. The Morgan fingerprint density at radius 1 is 1.05 bits per heavy atom. The number of aryl methyl sites for hydroxylation is 1. The highest BCUT2D eigenvalue weighted by Crippen LogP contribution is 2.31. The van der Waals surface area contributed by atoms with Crippen LogP contribution in [0.2, 0.25) is 0 Å². The zero-order chi connectivity index (χ0) is 27.4. The molecule has 4 aromatic rings. The van der Waals surface area contributed by atoms with Gasteiger partial charge in [0, 0.05) is 24.5 Å². The highest BCUT2D eigenvalue weighted by atomic mass is 32.2. The molecule has 3 unspecified atom stereocenters. The Kier molecular flexibility index (Phi) is 8.17. The van der Waals surface area contributed by atoms with Crippen LogP contribution >= 0.6 is 0 Å². The van der Waals surface area contributed by atoms with Crippen molar-refractivity contribution in [2.75, 3.05) is 7.11 Å². The average Bonchev–Trinajstić information content (AvgIpc) is 3.57. The molecule has 0 bridgehead atoms. The van der Waals surface area contributed by atoms with E-state index in [1.807, 2.05) is 27.7 Å². The van der Waals surface area contributed by atoms with Crippen molar-refractivity contribution >= 4 is 9.84 Å². The van der Waals surface area contributed by atoms with Crippen molar-refractivity contribution in [3.63, 3.8) is 0 Å². The van der Waals surface area contributed by atoms with Gasteiger partial charge in [0.2, 0.25) is 5.88 Å². The highest BCUT2D eigenvalue weighted by molar-refractivity contribution is 7.91. The number of aromatic nitrogens is 7. The van der Waals surface area contributed by atoms with Gasteiger partial charge in [-0.3, -0.25) is 4.57 Å². The number of sulfone groups is 1. The Hall–Kier alpha value is -3.71. The Bertz CT molecular complexity index is 1450. The SMILES string of the molecule is COc1cccc(-c2nnc(CS(=O)(=O)C(C)C(OC(C)C)c3ncc(C)cn3)n2C(C)c2ccno2)n1. The number of hydrogen-bond acceptors (Lipinski definition) is 11. The van der Waals surface area contributed by atoms with E-state index >= 15 is 0 Å². The van der Waals surface area contributed by atoms with E-state index in [9.17, 15) is 8.42 Å². The molecule has 12 nitrogen and oxygen atoms in total. The van der Waals surface area contributed by atoms with Crippen molar-refractivity contribution in [3.8, 4) is 17.4 Å². The molecule has 4 rings (SSSR count). The Balaban J connectivity index is 1.74. The zero-order valence-corrected chi connectivity index (χ0v) is 23.0. The second-order valence-corrected chi connectivity index (χ2v) is 11.6. The smallest absolute Gasteiger partial charge is 0.213 e. The van der Waals surface area contributed by atoms with Crippen LogP contribution < -0.4 is 4.74 Å². The van der Waals surface area contributed by atoms with E-state index in [4.69, 9.17) is 14.0 Å². The van der Waals surface area contributed by atoms with Gasteiger partial charge in [0.05, 0.1) is 30.7 Å². The summed E-state index contributed by atoms with van der Waals surface area (Å²) in [6, 6.07) is 6.46. The summed E-state index contributed by atoms with van der Waals surface area (Å²) >= 11 is 0. The third-order valence-corrected chi connectivity index (χ3v) is 8.02. The zero-order valence-electron chi connectivity index (χ0n) is 22.1. The quantitative estimate of drug-likeness (QED) is 0.275. The van der Waals surface area contributed by atoms with Crippen LogP contribution in [0.25, 0.3) is 11.5 Å². The Morgan fingerprint density at radius 2 is 1.79 bits per heavy atom. The van der Waals surface area contributed by atoms with Crippen LogP contribution in [0, 0.1) is 6.92 Å². The molecule has 3 atom stereocenters. The second-order valence-electron chi connectivity index (χ2n) is 9.20. The molecule has 4 heterocycles. The van der Waals surface area contributed by atoms with Gasteiger partial charge in [-0.1, -0.05) is 11.2 Å². The van der Waals surface area contributed by atoms with E-state index < -0.39 is 33.0 Å². The van der Waals surface area contributed by atoms with Crippen molar-refractivity contribution in [2.45, 2.75) is 63.9 Å². The summed E-state index contributed by atoms with van der Waals surface area (Å²) in [7, 11) is -2.33. The van der Waals surface area contributed by atoms with Crippen LogP contribution in [0.4, 0.5) is 0 Å². The van der Waals surface area contributed by atoms with Crippen molar-refractivity contribution in [2.24, 2.45) is 0 Å². The van der Waals surface area contributed by atoms with E-state index in [0.717, 1.165) is 5.56 Å². The summed E-state index contributed by atoms with van der Waals surface area (Å²) in [6.07, 6.45) is 3.68. The van der Waals surface area contributed by atoms with Crippen molar-refractivity contribution in [1.29, 1.82) is 0 Å². The molecule has 0 aliphatic carbocycles. The number of methoxy groups -OCH3 is 1. The van der Waals surface area contributed by atoms with Gasteiger partial charge in [0.1, 0.15) is 23.4 Å². The first-order valence-corrected chi connectivity index (χ1v) is 13.8. The van der Waals surface area contributed by atoms with Gasteiger partial charge in [-0.15, -0.1) is 10.2 Å². The summed E-state index contributed by atoms with van der Waals surface area (Å²) < 4.78 is 45.9. The Labute approximate surface area is 221 Å². The number of pyridine rings is 1. The molecule has 0 fully saturated rings. The van der Waals surface area contributed by atoms with Gasteiger partial charge >= 0.3 is 0 Å². The lowest BCUT2D eigenvalue weighted by Crippen LogP contribution is -2.32. The molecule has 0 radical (unpaired) electrons. The first-order chi connectivity index (χ1) is 18.1. The minimum absolute atomic E-state index is 0.216. The van der Waals surface area contributed by atoms with Crippen LogP contribution in [-0.4, -0.2) is 61.8 Å². The van der Waals surface area contributed by atoms with E-state index in [0.29, 0.717) is 29.0 Å². The second kappa shape index (κ2) is 11.4. The van der Waals surface area contributed by atoms with Crippen molar-refractivity contribution in [1.82, 2.24) is 34.9 Å². The third-order valence-electron chi connectivity index (χ3n) is 5.98. The number of hydrogen-bond donors (Lipinski definition) is 0. The summed E-state index contributed by atoms with van der Waals surface area (Å²) in [6.45, 7) is 8.97. The van der Waals surface area contributed by atoms with Gasteiger partial charge in [-0.2, -0.15) is 0 Å². The standard InChI is InChI=1S/C25H31N7O5S/c1-15(2)36-23(24-26-12-16(3)13-27-24)18(5)38(33,34)14-21-30-31-25(19-8-7-9-22(29-19)35-6)32(21)17(4)20-10-11-28-37-20/h7-13,15,17-18,23H,14H2,1-6H3. The molecule has 0 spiro atoms. The predicted octanol–water partition coefficient (Wildman–Crippen LogP) is 3.51. The summed E-state index contributed by atoms with van der Waals surface area (Å²) in [5, 5.41) is 11.4. The molecule has 13 heteroatoms. The fraction of sp³-hybridized carbons (Fsp3) is 0.440. The molecule has 0 N–H and O–H groups in total. The van der Waals surface area contributed by atoms with E-state index in [1.165, 1.54) is 13.3 Å². The molecular weight excluding hydrogens is 510 g/mol. The molecule has 4 aromatic heterocycles. The van der Waals surface area contributed by atoms with Crippen molar-refractivity contribution in [3.05, 3.63) is 65.8 Å². The molecule has 0 aliphatic heterocycles. The maximum Gasteiger partial charge on any atom is 0.213 e. The lowest BCUT2D eigenvalue weighted by Gasteiger charge is -2.25. The lowest BCUT2D eigenvalue weighted by atomic mass is 10.2. The Morgan fingerprint density at radius 3 is 2.42 bits per heavy atom. The van der Waals surface area contributed by atoms with Crippen LogP contribution in [0.15, 0.2) is 47.4 Å². The summed E-state index contributed by atoms with van der Waals surface area (Å²) in [5.74, 6) is 1.37. The van der Waals surface area contributed by atoms with Crippen molar-refractivity contribution < 1.29 is 22.4 Å². The lowest BCUT2D eigenvalue weighted by molar-refractivity contribution is 0.00140. The highest BCUT2D eigenvalue weighted by Gasteiger charge is 2.36. The van der Waals surface area contributed by atoms with Gasteiger partial charge in [-0.05, 0) is 46.2 Å². The molecule has 0 saturated carbocycles. The number of rotatable bonds is 11. The van der Waals surface area contributed by atoms with Crippen LogP contribution in [0.3, 0.4) is 0 Å². The predicted molar refractivity (Wildman–Crippen MR) is 138 cm³/mol. The molecule has 38 heavy (non-hydrogen) atoms. The minimum Gasteiger partial charge on any atom is -0.481 e. The van der Waals surface area contributed by atoms with Crippen LogP contribution in [0.5, 0.6) is 5.88 Å². The van der Waals surface area contributed by atoms with Crippen LogP contribution in [0.1, 0.15) is 62.8 Å². The average molecular weight is 542 g/mol. The van der Waals surface area contributed by atoms with Gasteiger partial charge in [-0.25, -0.2) is 23.4 Å². The van der Waals surface area contributed by atoms with Gasteiger partial charge in [0.15, 0.2) is 27.2 Å². The third kappa shape index (κ3) is 5.89. The largest absolute Gasteiger partial charge is 0.481 e. The fourth-order valence-corrected chi connectivity index (χ4v) is 5.33.